The molecule has 3 aromatic heterocycles. The third-order valence-corrected chi connectivity index (χ3v) is 14.3. The van der Waals surface area contributed by atoms with E-state index in [1.807, 2.05) is 38.2 Å². The zero-order chi connectivity index (χ0) is 46.4. The number of H-pyrrole nitrogens is 1. The normalized spacial score (nSPS) is 21.7. The molecule has 0 amide bonds. The van der Waals surface area contributed by atoms with Crippen molar-refractivity contribution < 1.29 is 23.9 Å². The molecule has 65 heavy (non-hydrogen) atoms. The summed E-state index contributed by atoms with van der Waals surface area (Å²) in [4.78, 5) is 55.2. The fourth-order valence-electron chi connectivity index (χ4n) is 10.2. The molecule has 10 heteroatoms. The first kappa shape index (κ1) is 51.7. The summed E-state index contributed by atoms with van der Waals surface area (Å²) in [6.45, 7) is 26.1. The zero-order valence-corrected chi connectivity index (χ0v) is 42.8. The van der Waals surface area contributed by atoms with Gasteiger partial charge in [-0.15, -0.1) is 22.8 Å². The van der Waals surface area contributed by atoms with Crippen molar-refractivity contribution >= 4 is 70.7 Å². The number of esters is 2. The van der Waals surface area contributed by atoms with E-state index in [9.17, 15) is 14.4 Å². The summed E-state index contributed by atoms with van der Waals surface area (Å²) in [5, 5.41) is 7.09. The summed E-state index contributed by atoms with van der Waals surface area (Å²) >= 11 is 0. The van der Waals surface area contributed by atoms with E-state index in [0.717, 1.165) is 81.1 Å². The predicted molar refractivity (Wildman–Crippen MR) is 266 cm³/mol. The minimum Gasteiger partial charge on any atom is -0.664 e. The van der Waals surface area contributed by atoms with Crippen molar-refractivity contribution in [1.29, 1.82) is 0 Å². The van der Waals surface area contributed by atoms with E-state index in [-0.39, 0.29) is 59.7 Å². The number of carbonyl (C=O) groups excluding carboxylic acids is 3. The number of ether oxygens (including phenoxy) is 2. The van der Waals surface area contributed by atoms with Crippen molar-refractivity contribution in [3.8, 4) is 0 Å². The SMILES string of the molecule is C=Cc1c2[n-]c(c1C)/C=C1\[N-]/C(=C3\c4[n-]c(c(C)c4C(=O)[C@@H]3C(=O)OC)/C=c3\[nH]/c(c(C)c3CC)=C\2)[C@@H](CCC(=O)OC/C=C(/C)CCC[C@H](C)CCC[C@H](C)CCCC(C)C)[C@@H]1C.[Mg+2]. The first-order chi connectivity index (χ1) is 30.6. The molecule has 1 fully saturated rings. The average molecular weight is 895 g/mol. The molecule has 0 spiro atoms. The van der Waals surface area contributed by atoms with Gasteiger partial charge in [-0.05, 0) is 106 Å². The van der Waals surface area contributed by atoms with Crippen LogP contribution in [0.25, 0.3) is 35.2 Å². The molecule has 3 aliphatic rings. The molecule has 0 unspecified atom stereocenters. The summed E-state index contributed by atoms with van der Waals surface area (Å²) in [7, 11) is 1.30. The number of nitrogens with one attached hydrogen (secondary N) is 1. The van der Waals surface area contributed by atoms with E-state index in [4.69, 9.17) is 24.8 Å². The number of ketones is 1. The molecule has 2 aliphatic heterocycles. The van der Waals surface area contributed by atoms with Crippen LogP contribution in [-0.2, 0) is 25.5 Å². The van der Waals surface area contributed by atoms with Crippen molar-refractivity contribution in [2.75, 3.05) is 13.7 Å². The maximum Gasteiger partial charge on any atom is 2.00 e. The monoisotopic (exact) mass is 894 g/mol. The van der Waals surface area contributed by atoms with E-state index >= 15 is 0 Å². The standard InChI is InChI=1S/C55H74N4O5.Mg/c1-13-39-35(8)42-28-44-37(10)41(24-25-48(60)64-27-26-34(7)23-17-22-33(6)21-16-20-32(5)19-15-18-31(3)4)52(58-44)50-51(55(62)63-12)54(61)49-38(11)45(59-53(49)50)30-47-40(14-2)36(9)43(57-47)29-46(39)56-42;/h13,26,28-33,37,41,51,57H,1,14-25,27H2,2-12H3,(H-,58,59,61);/q-2;+2/p-1/b34-26-,43-29-,44-28-,47-30-;/t32-,33-,37+,41+,51-;/m1./s1. The van der Waals surface area contributed by atoms with Gasteiger partial charge in [0, 0.05) is 22.7 Å². The number of Topliss-reactive ketones (excluding diaryl/α,β-unsaturated/α-hetero) is 1. The maximum absolute atomic E-state index is 14.4. The largest absolute Gasteiger partial charge is 2.00 e. The van der Waals surface area contributed by atoms with Crippen LogP contribution in [0, 0.1) is 56.3 Å². The molecule has 5 atom stereocenters. The molecule has 1 aliphatic carbocycles. The molecule has 346 valence electrons. The summed E-state index contributed by atoms with van der Waals surface area (Å²) in [5.74, 6) is -0.668. The molecule has 0 radical (unpaired) electrons. The van der Waals surface area contributed by atoms with Gasteiger partial charge < -0.3 is 29.7 Å². The number of aromatic amines is 1. The second kappa shape index (κ2) is 22.9. The fourth-order valence-corrected chi connectivity index (χ4v) is 10.2. The number of carbonyl (C=O) groups is 3. The first-order valence-electron chi connectivity index (χ1n) is 24.1. The van der Waals surface area contributed by atoms with Crippen LogP contribution in [0.4, 0.5) is 0 Å². The van der Waals surface area contributed by atoms with Gasteiger partial charge in [-0.1, -0.05) is 140 Å². The Labute approximate surface area is 404 Å². The minimum atomic E-state index is -1.21. The Morgan fingerprint density at radius 3 is 2.15 bits per heavy atom. The topological polar surface area (TPSA) is 128 Å². The van der Waals surface area contributed by atoms with Crippen LogP contribution >= 0.6 is 0 Å². The van der Waals surface area contributed by atoms with Gasteiger partial charge >= 0.3 is 35.0 Å². The van der Waals surface area contributed by atoms with Gasteiger partial charge in [-0.2, -0.15) is 11.4 Å². The third-order valence-electron chi connectivity index (χ3n) is 14.3. The van der Waals surface area contributed by atoms with E-state index in [2.05, 4.69) is 73.0 Å². The van der Waals surface area contributed by atoms with E-state index in [1.165, 1.54) is 57.6 Å². The molecule has 6 rings (SSSR count). The number of hydrogen-bond acceptors (Lipinski definition) is 5. The van der Waals surface area contributed by atoms with Crippen LogP contribution in [0.1, 0.15) is 180 Å². The average Bonchev–Trinajstić information content (AvgIpc) is 3.99. The second-order valence-corrected chi connectivity index (χ2v) is 19.5. The van der Waals surface area contributed by atoms with Crippen LogP contribution in [0.2, 0.25) is 0 Å². The van der Waals surface area contributed by atoms with Crippen LogP contribution in [-0.4, -0.2) is 59.5 Å². The Morgan fingerprint density at radius 1 is 0.862 bits per heavy atom. The van der Waals surface area contributed by atoms with Crippen molar-refractivity contribution in [3.63, 3.8) is 0 Å². The van der Waals surface area contributed by atoms with E-state index < -0.39 is 11.9 Å². The molecule has 8 bridgehead atoms. The Balaban J connectivity index is 0.00000793. The maximum atomic E-state index is 14.4. The molecule has 0 aromatic carbocycles. The summed E-state index contributed by atoms with van der Waals surface area (Å²) in [5.41, 5.74) is 11.0. The number of rotatable bonds is 20. The van der Waals surface area contributed by atoms with Crippen LogP contribution in [0.5, 0.6) is 0 Å². The number of nitrogens with zero attached hydrogens (tertiary/aromatic N) is 3. The minimum absolute atomic E-state index is 0. The third kappa shape index (κ3) is 11.6. The Hall–Kier alpha value is -4.28. The smallest absolute Gasteiger partial charge is 0.664 e. The van der Waals surface area contributed by atoms with Gasteiger partial charge in [0.25, 0.3) is 0 Å². The summed E-state index contributed by atoms with van der Waals surface area (Å²) < 4.78 is 11.1. The molecule has 1 N–H and O–H groups in total. The molecular formula is C55H73MgN4O5-. The van der Waals surface area contributed by atoms with E-state index in [0.29, 0.717) is 46.1 Å². The van der Waals surface area contributed by atoms with Gasteiger partial charge in [0.15, 0.2) is 5.78 Å². The number of fused-ring (bicyclic) bond motifs is 7. The van der Waals surface area contributed by atoms with Crippen molar-refractivity contribution in [3.05, 3.63) is 102 Å². The van der Waals surface area contributed by atoms with Gasteiger partial charge in [-0.3, -0.25) is 14.4 Å². The van der Waals surface area contributed by atoms with E-state index in [1.54, 1.807) is 0 Å². The molecule has 0 saturated carbocycles. The molecule has 1 saturated heterocycles. The molecule has 5 heterocycles. The quantitative estimate of drug-likeness (QED) is 0.0518. The Morgan fingerprint density at radius 2 is 1.51 bits per heavy atom. The van der Waals surface area contributed by atoms with Crippen molar-refractivity contribution in [1.82, 2.24) is 15.0 Å². The van der Waals surface area contributed by atoms with Gasteiger partial charge in [0.05, 0.1) is 7.11 Å². The predicted octanol–water partition coefficient (Wildman–Crippen LogP) is 10.7. The fraction of sp³-hybridized carbons (Fsp3) is 0.545. The second-order valence-electron chi connectivity index (χ2n) is 19.5. The Bertz CT molecular complexity index is 2450. The van der Waals surface area contributed by atoms with Gasteiger partial charge in [0.1, 0.15) is 12.5 Å². The van der Waals surface area contributed by atoms with Gasteiger partial charge in [0.2, 0.25) is 0 Å². The summed E-state index contributed by atoms with van der Waals surface area (Å²) in [6, 6.07) is 0. The van der Waals surface area contributed by atoms with Crippen LogP contribution < -0.4 is 20.7 Å². The number of aromatic nitrogens is 3. The van der Waals surface area contributed by atoms with Crippen LogP contribution in [0.3, 0.4) is 0 Å². The number of methoxy groups -OCH3 is 1. The van der Waals surface area contributed by atoms with Crippen molar-refractivity contribution in [2.24, 2.45) is 35.5 Å². The van der Waals surface area contributed by atoms with Crippen LogP contribution in [0.15, 0.2) is 29.6 Å². The molecular weight excluding hydrogens is 821 g/mol. The number of allylic oxidation sites excluding steroid dienone is 3. The zero-order valence-electron chi connectivity index (χ0n) is 41.3. The Kier molecular flexibility index (Phi) is 18.3. The number of hydrogen-bond donors (Lipinski definition) is 1. The molecule has 3 aromatic rings. The van der Waals surface area contributed by atoms with Gasteiger partial charge in [-0.25, -0.2) is 0 Å². The van der Waals surface area contributed by atoms with Crippen molar-refractivity contribution in [2.45, 2.75) is 146 Å². The summed E-state index contributed by atoms with van der Waals surface area (Å²) in [6.07, 6.45) is 22.6. The first-order valence-corrected chi connectivity index (χ1v) is 24.1. The molecule has 9 nitrogen and oxygen atoms in total.